The Bertz CT molecular complexity index is 958. The third-order valence-electron chi connectivity index (χ3n) is 6.30. The van der Waals surface area contributed by atoms with E-state index in [2.05, 4.69) is 20.9 Å². The molecule has 2 aromatic rings. The molecule has 8 heteroatoms. The molecule has 2 saturated heterocycles. The average molecular weight is 425 g/mol. The minimum absolute atomic E-state index is 0.00585. The Hall–Kier alpha value is -2.84. The van der Waals surface area contributed by atoms with E-state index in [1.165, 1.54) is 5.56 Å². The second kappa shape index (κ2) is 8.72. The molecule has 0 atom stereocenters. The number of aromatic amines is 1. The molecule has 0 radical (unpaired) electrons. The molecule has 8 nitrogen and oxygen atoms in total. The number of benzene rings is 1. The van der Waals surface area contributed by atoms with Gasteiger partial charge in [0.05, 0.1) is 6.54 Å². The number of nitrogens with zero attached hydrogens (tertiary/aromatic N) is 3. The first-order valence-corrected chi connectivity index (χ1v) is 11.0. The van der Waals surface area contributed by atoms with Gasteiger partial charge in [0.1, 0.15) is 5.69 Å². The predicted molar refractivity (Wildman–Crippen MR) is 115 cm³/mol. The van der Waals surface area contributed by atoms with Gasteiger partial charge in [-0.1, -0.05) is 6.07 Å². The first kappa shape index (κ1) is 20.1. The standard InChI is InChI=1S/C23H28N4O4/c28-20(18-12-19(24-13-18)23(29)27-5-1-2-6-27)15-26-9-7-25(8-10-26)14-17-3-4-21-22(11-17)31-16-30-21/h3-4,11-13,24H,1-2,5-10,14-16H2. The number of amides is 1. The largest absolute Gasteiger partial charge is 0.454 e. The van der Waals surface area contributed by atoms with Gasteiger partial charge in [-0.2, -0.15) is 0 Å². The molecule has 0 spiro atoms. The lowest BCUT2D eigenvalue weighted by Gasteiger charge is -2.34. The maximum absolute atomic E-state index is 12.7. The summed E-state index contributed by atoms with van der Waals surface area (Å²) in [4.78, 5) is 34.6. The van der Waals surface area contributed by atoms with Crippen molar-refractivity contribution in [3.8, 4) is 11.5 Å². The number of ether oxygens (including phenoxy) is 2. The molecule has 0 bridgehead atoms. The van der Waals surface area contributed by atoms with E-state index in [0.717, 1.165) is 70.2 Å². The lowest BCUT2D eigenvalue weighted by molar-refractivity contribution is 0.0787. The van der Waals surface area contributed by atoms with Crippen molar-refractivity contribution in [1.82, 2.24) is 19.7 Å². The van der Waals surface area contributed by atoms with Gasteiger partial charge in [0.25, 0.3) is 5.91 Å². The lowest BCUT2D eigenvalue weighted by atomic mass is 10.1. The highest BCUT2D eigenvalue weighted by molar-refractivity contribution is 6.01. The molecular formula is C23H28N4O4. The van der Waals surface area contributed by atoms with Crippen LogP contribution in [0.5, 0.6) is 11.5 Å². The van der Waals surface area contributed by atoms with Crippen LogP contribution in [-0.2, 0) is 6.54 Å². The lowest BCUT2D eigenvalue weighted by Crippen LogP contribution is -2.47. The van der Waals surface area contributed by atoms with Gasteiger partial charge in [0, 0.05) is 57.6 Å². The van der Waals surface area contributed by atoms with Gasteiger partial charge >= 0.3 is 0 Å². The number of hydrogen-bond donors (Lipinski definition) is 1. The van der Waals surface area contributed by atoms with Crippen LogP contribution in [0.3, 0.4) is 0 Å². The number of likely N-dealkylation sites (tertiary alicyclic amines) is 1. The Labute approximate surface area is 181 Å². The zero-order valence-electron chi connectivity index (χ0n) is 17.6. The van der Waals surface area contributed by atoms with E-state index < -0.39 is 0 Å². The van der Waals surface area contributed by atoms with Gasteiger partial charge in [0.2, 0.25) is 6.79 Å². The van der Waals surface area contributed by atoms with Gasteiger partial charge in [-0.25, -0.2) is 0 Å². The number of aromatic nitrogens is 1. The Morgan fingerprint density at radius 3 is 2.45 bits per heavy atom. The molecule has 31 heavy (non-hydrogen) atoms. The molecule has 0 saturated carbocycles. The number of nitrogens with one attached hydrogen (secondary N) is 1. The third kappa shape index (κ3) is 4.45. The van der Waals surface area contributed by atoms with Crippen LogP contribution >= 0.6 is 0 Å². The summed E-state index contributed by atoms with van der Waals surface area (Å²) in [6.07, 6.45) is 3.78. The SMILES string of the molecule is O=C(CN1CCN(Cc2ccc3c(c2)OCO3)CC1)c1c[nH]c(C(=O)N2CCCC2)c1. The van der Waals surface area contributed by atoms with Crippen molar-refractivity contribution in [3.63, 3.8) is 0 Å². The monoisotopic (exact) mass is 424 g/mol. The van der Waals surface area contributed by atoms with E-state index >= 15 is 0 Å². The molecule has 5 rings (SSSR count). The number of H-pyrrole nitrogens is 1. The molecule has 3 aliphatic heterocycles. The maximum atomic E-state index is 12.7. The zero-order chi connectivity index (χ0) is 21.2. The van der Waals surface area contributed by atoms with Crippen molar-refractivity contribution in [3.05, 3.63) is 47.3 Å². The smallest absolute Gasteiger partial charge is 0.270 e. The predicted octanol–water partition coefficient (Wildman–Crippen LogP) is 1.98. The van der Waals surface area contributed by atoms with Gasteiger partial charge in [-0.15, -0.1) is 0 Å². The quantitative estimate of drug-likeness (QED) is 0.715. The van der Waals surface area contributed by atoms with Gasteiger partial charge < -0.3 is 19.4 Å². The average Bonchev–Trinajstić information content (AvgIpc) is 3.55. The fraction of sp³-hybridized carbons (Fsp3) is 0.478. The van der Waals surface area contributed by atoms with Crippen LogP contribution in [0.1, 0.15) is 39.3 Å². The number of ketones is 1. The highest BCUT2D eigenvalue weighted by Crippen LogP contribution is 2.32. The van der Waals surface area contributed by atoms with E-state index in [1.54, 1.807) is 12.3 Å². The summed E-state index contributed by atoms with van der Waals surface area (Å²) in [5, 5.41) is 0. The minimum atomic E-state index is -0.00585. The number of hydrogen-bond acceptors (Lipinski definition) is 6. The summed E-state index contributed by atoms with van der Waals surface area (Å²) in [7, 11) is 0. The first-order valence-electron chi connectivity index (χ1n) is 11.0. The number of piperazine rings is 1. The number of fused-ring (bicyclic) bond motifs is 1. The van der Waals surface area contributed by atoms with Crippen LogP contribution in [0.2, 0.25) is 0 Å². The summed E-state index contributed by atoms with van der Waals surface area (Å²) in [5.74, 6) is 1.67. The maximum Gasteiger partial charge on any atom is 0.270 e. The fourth-order valence-electron chi connectivity index (χ4n) is 4.47. The van der Waals surface area contributed by atoms with E-state index in [1.807, 2.05) is 17.0 Å². The fourth-order valence-corrected chi connectivity index (χ4v) is 4.47. The molecule has 0 unspecified atom stereocenters. The highest BCUT2D eigenvalue weighted by Gasteiger charge is 2.24. The third-order valence-corrected chi connectivity index (χ3v) is 6.30. The van der Waals surface area contributed by atoms with Crippen LogP contribution in [0.15, 0.2) is 30.5 Å². The van der Waals surface area contributed by atoms with Gasteiger partial charge in [0.15, 0.2) is 17.3 Å². The number of carbonyl (C=O) groups excluding carboxylic acids is 2. The van der Waals surface area contributed by atoms with Crippen molar-refractivity contribution in [2.45, 2.75) is 19.4 Å². The topological polar surface area (TPSA) is 78.1 Å². The Balaban J connectivity index is 1.10. The number of Topliss-reactive ketones (excluding diaryl/α,β-unsaturated/α-hetero) is 1. The highest BCUT2D eigenvalue weighted by atomic mass is 16.7. The Morgan fingerprint density at radius 2 is 1.65 bits per heavy atom. The van der Waals surface area contributed by atoms with Crippen molar-refractivity contribution in [2.75, 3.05) is 52.6 Å². The summed E-state index contributed by atoms with van der Waals surface area (Å²) in [6.45, 7) is 6.66. The van der Waals surface area contributed by atoms with Crippen molar-refractivity contribution in [1.29, 1.82) is 0 Å². The van der Waals surface area contributed by atoms with E-state index in [9.17, 15) is 9.59 Å². The minimum Gasteiger partial charge on any atom is -0.454 e. The van der Waals surface area contributed by atoms with Gasteiger partial charge in [-0.05, 0) is 36.6 Å². The van der Waals surface area contributed by atoms with Crippen LogP contribution in [-0.4, -0.2) is 84.0 Å². The van der Waals surface area contributed by atoms with E-state index in [0.29, 0.717) is 24.6 Å². The molecular weight excluding hydrogens is 396 g/mol. The van der Waals surface area contributed by atoms with Crippen LogP contribution in [0.25, 0.3) is 0 Å². The number of carbonyl (C=O) groups is 2. The summed E-state index contributed by atoms with van der Waals surface area (Å²) in [5.41, 5.74) is 2.31. The van der Waals surface area contributed by atoms with Crippen molar-refractivity contribution >= 4 is 11.7 Å². The molecule has 1 aromatic carbocycles. The molecule has 3 aliphatic rings. The second-order valence-electron chi connectivity index (χ2n) is 8.46. The molecule has 1 aromatic heterocycles. The molecule has 0 aliphatic carbocycles. The molecule has 164 valence electrons. The Morgan fingerprint density at radius 1 is 0.903 bits per heavy atom. The molecule has 4 heterocycles. The van der Waals surface area contributed by atoms with E-state index in [4.69, 9.17) is 9.47 Å². The summed E-state index contributed by atoms with van der Waals surface area (Å²) in [6, 6.07) is 7.80. The van der Waals surface area contributed by atoms with E-state index in [-0.39, 0.29) is 11.7 Å². The van der Waals surface area contributed by atoms with Crippen LogP contribution in [0, 0.1) is 0 Å². The normalized spacial score (nSPS) is 19.2. The van der Waals surface area contributed by atoms with Crippen molar-refractivity contribution < 1.29 is 19.1 Å². The van der Waals surface area contributed by atoms with Crippen LogP contribution < -0.4 is 9.47 Å². The first-order chi connectivity index (χ1) is 15.2. The number of rotatable bonds is 6. The Kier molecular flexibility index (Phi) is 5.65. The van der Waals surface area contributed by atoms with Crippen molar-refractivity contribution in [2.24, 2.45) is 0 Å². The van der Waals surface area contributed by atoms with Gasteiger partial charge in [-0.3, -0.25) is 19.4 Å². The molecule has 1 N–H and O–H groups in total. The molecule has 2 fully saturated rings. The zero-order valence-corrected chi connectivity index (χ0v) is 17.6. The van der Waals surface area contributed by atoms with Crippen LogP contribution in [0.4, 0.5) is 0 Å². The molecule has 1 amide bonds. The summed E-state index contributed by atoms with van der Waals surface area (Å²) >= 11 is 0. The second-order valence-corrected chi connectivity index (χ2v) is 8.46. The summed E-state index contributed by atoms with van der Waals surface area (Å²) < 4.78 is 10.8.